The van der Waals surface area contributed by atoms with Gasteiger partial charge in [-0.15, -0.1) is 0 Å². The largest absolute Gasteiger partial charge is 0.465 e. The Bertz CT molecular complexity index is 176. The number of carbonyl (C=O) groups is 1. The number of hydrogen-bond acceptors (Lipinski definition) is 2. The van der Waals surface area contributed by atoms with Crippen molar-refractivity contribution in [3.63, 3.8) is 0 Å². The summed E-state index contributed by atoms with van der Waals surface area (Å²) >= 11 is 0. The zero-order chi connectivity index (χ0) is 9.14. The van der Waals surface area contributed by atoms with Crippen LogP contribution < -0.4 is 5.32 Å². The second-order valence-electron chi connectivity index (χ2n) is 3.04. The van der Waals surface area contributed by atoms with Crippen LogP contribution in [0.5, 0.6) is 0 Å². The lowest BCUT2D eigenvalue weighted by atomic mass is 9.91. The minimum atomic E-state index is -1.26. The van der Waals surface area contributed by atoms with E-state index in [1.165, 1.54) is 0 Å². The monoisotopic (exact) mass is 177 g/mol. The molecule has 3 atom stereocenters. The Morgan fingerprint density at radius 1 is 1.50 bits per heavy atom. The van der Waals surface area contributed by atoms with Crippen molar-refractivity contribution in [2.75, 3.05) is 0 Å². The van der Waals surface area contributed by atoms with Gasteiger partial charge in [0.15, 0.2) is 0 Å². The van der Waals surface area contributed by atoms with Gasteiger partial charge in [-0.2, -0.15) is 0 Å². The van der Waals surface area contributed by atoms with E-state index < -0.39 is 24.4 Å². The number of aliphatic hydroxyl groups is 1. The molecule has 1 aliphatic rings. The zero-order valence-corrected chi connectivity index (χ0v) is 6.53. The molecule has 5 heteroatoms. The number of halogens is 1. The molecule has 0 spiro atoms. The van der Waals surface area contributed by atoms with E-state index in [1.54, 1.807) is 0 Å². The van der Waals surface area contributed by atoms with Gasteiger partial charge in [0.1, 0.15) is 6.17 Å². The van der Waals surface area contributed by atoms with Crippen molar-refractivity contribution in [2.24, 2.45) is 0 Å². The van der Waals surface area contributed by atoms with Crippen LogP contribution in [-0.2, 0) is 0 Å². The van der Waals surface area contributed by atoms with Crippen LogP contribution in [-0.4, -0.2) is 34.6 Å². The van der Waals surface area contributed by atoms with Crippen molar-refractivity contribution in [3.05, 3.63) is 0 Å². The fourth-order valence-electron chi connectivity index (χ4n) is 1.42. The van der Waals surface area contributed by atoms with Crippen LogP contribution in [0.1, 0.15) is 19.3 Å². The van der Waals surface area contributed by atoms with Gasteiger partial charge in [0.05, 0.1) is 12.1 Å². The molecule has 0 radical (unpaired) electrons. The van der Waals surface area contributed by atoms with E-state index >= 15 is 0 Å². The van der Waals surface area contributed by atoms with Crippen LogP contribution in [0.3, 0.4) is 0 Å². The van der Waals surface area contributed by atoms with Gasteiger partial charge < -0.3 is 15.5 Å². The Morgan fingerprint density at radius 3 is 2.67 bits per heavy atom. The first-order valence-corrected chi connectivity index (χ1v) is 3.91. The fourth-order valence-corrected chi connectivity index (χ4v) is 1.42. The molecule has 0 aromatic heterocycles. The quantitative estimate of drug-likeness (QED) is 0.546. The number of nitrogens with one attached hydrogen (secondary N) is 1. The van der Waals surface area contributed by atoms with Crippen LogP contribution in [0.15, 0.2) is 0 Å². The first kappa shape index (κ1) is 9.25. The van der Waals surface area contributed by atoms with E-state index in [1.807, 2.05) is 0 Å². The van der Waals surface area contributed by atoms with Crippen molar-refractivity contribution in [1.29, 1.82) is 0 Å². The average Bonchev–Trinajstić information content (AvgIpc) is 1.94. The van der Waals surface area contributed by atoms with Gasteiger partial charge in [0.2, 0.25) is 0 Å². The second-order valence-corrected chi connectivity index (χ2v) is 3.04. The number of aliphatic hydroxyl groups excluding tert-OH is 1. The summed E-state index contributed by atoms with van der Waals surface area (Å²) < 4.78 is 13.0. The molecule has 0 aromatic carbocycles. The SMILES string of the molecule is O=C(O)N[C@@H]1CC[C@H](O)C[C@@H]1F. The van der Waals surface area contributed by atoms with Crippen LogP contribution in [0.4, 0.5) is 9.18 Å². The molecular weight excluding hydrogens is 165 g/mol. The smallest absolute Gasteiger partial charge is 0.404 e. The molecule has 70 valence electrons. The highest BCUT2D eigenvalue weighted by Crippen LogP contribution is 2.21. The number of carboxylic acid groups (broad SMARTS) is 1. The lowest BCUT2D eigenvalue weighted by Gasteiger charge is -2.28. The van der Waals surface area contributed by atoms with E-state index in [0.717, 1.165) is 0 Å². The van der Waals surface area contributed by atoms with Crippen molar-refractivity contribution in [1.82, 2.24) is 5.32 Å². The normalized spacial score (nSPS) is 36.0. The molecule has 0 aromatic rings. The van der Waals surface area contributed by atoms with E-state index in [-0.39, 0.29) is 6.42 Å². The molecule has 12 heavy (non-hydrogen) atoms. The number of rotatable bonds is 1. The van der Waals surface area contributed by atoms with Crippen LogP contribution in [0, 0.1) is 0 Å². The van der Waals surface area contributed by atoms with E-state index in [4.69, 9.17) is 10.2 Å². The van der Waals surface area contributed by atoms with Gasteiger partial charge in [-0.3, -0.25) is 0 Å². The summed E-state index contributed by atoms with van der Waals surface area (Å²) in [6, 6.07) is -0.647. The molecule has 1 aliphatic carbocycles. The van der Waals surface area contributed by atoms with E-state index in [9.17, 15) is 9.18 Å². The maximum absolute atomic E-state index is 13.0. The molecular formula is C7H12FNO3. The number of alkyl halides is 1. The van der Waals surface area contributed by atoms with Gasteiger partial charge >= 0.3 is 6.09 Å². The minimum absolute atomic E-state index is 0.0327. The molecule has 0 unspecified atom stereocenters. The number of hydrogen-bond donors (Lipinski definition) is 3. The predicted octanol–water partition coefficient (Wildman–Crippen LogP) is 0.505. The van der Waals surface area contributed by atoms with Crippen molar-refractivity contribution in [3.8, 4) is 0 Å². The first-order valence-electron chi connectivity index (χ1n) is 3.91. The van der Waals surface area contributed by atoms with Gasteiger partial charge in [-0.05, 0) is 12.8 Å². The summed E-state index contributed by atoms with van der Waals surface area (Å²) in [5.41, 5.74) is 0. The highest BCUT2D eigenvalue weighted by atomic mass is 19.1. The highest BCUT2D eigenvalue weighted by molar-refractivity contribution is 5.64. The molecule has 1 saturated carbocycles. The van der Waals surface area contributed by atoms with E-state index in [0.29, 0.717) is 12.8 Å². The molecule has 0 bridgehead atoms. The maximum atomic E-state index is 13.0. The molecule has 0 heterocycles. The maximum Gasteiger partial charge on any atom is 0.404 e. The molecule has 1 rings (SSSR count). The second kappa shape index (κ2) is 3.71. The van der Waals surface area contributed by atoms with Gasteiger partial charge in [0.25, 0.3) is 0 Å². The Kier molecular flexibility index (Phi) is 2.86. The van der Waals surface area contributed by atoms with Crippen LogP contribution in [0.2, 0.25) is 0 Å². The third-order valence-electron chi connectivity index (χ3n) is 2.05. The Balaban J connectivity index is 2.39. The summed E-state index contributed by atoms with van der Waals surface area (Å²) in [5, 5.41) is 19.4. The molecule has 0 aliphatic heterocycles. The summed E-state index contributed by atoms with van der Waals surface area (Å²) in [5.74, 6) is 0. The molecule has 3 N–H and O–H groups in total. The van der Waals surface area contributed by atoms with E-state index in [2.05, 4.69) is 5.32 Å². The lowest BCUT2D eigenvalue weighted by molar-refractivity contribution is 0.0616. The zero-order valence-electron chi connectivity index (χ0n) is 6.53. The number of amides is 1. The van der Waals surface area contributed by atoms with Crippen molar-refractivity contribution >= 4 is 6.09 Å². The fraction of sp³-hybridized carbons (Fsp3) is 0.857. The molecule has 1 amide bonds. The first-order chi connectivity index (χ1) is 5.59. The van der Waals surface area contributed by atoms with Crippen molar-refractivity contribution in [2.45, 2.75) is 37.6 Å². The summed E-state index contributed by atoms with van der Waals surface area (Å²) in [6.07, 6.45) is -2.22. The highest BCUT2D eigenvalue weighted by Gasteiger charge is 2.30. The summed E-state index contributed by atoms with van der Waals surface area (Å²) in [7, 11) is 0. The van der Waals surface area contributed by atoms with Gasteiger partial charge in [-0.1, -0.05) is 0 Å². The van der Waals surface area contributed by atoms with Crippen LogP contribution >= 0.6 is 0 Å². The third kappa shape index (κ3) is 2.34. The molecule has 4 nitrogen and oxygen atoms in total. The van der Waals surface area contributed by atoms with Crippen LogP contribution in [0.25, 0.3) is 0 Å². The summed E-state index contributed by atoms with van der Waals surface area (Å²) in [6.45, 7) is 0. The minimum Gasteiger partial charge on any atom is -0.465 e. The Hall–Kier alpha value is -0.840. The average molecular weight is 177 g/mol. The standard InChI is InChI=1S/C7H12FNO3/c8-5-3-4(10)1-2-6(5)9-7(11)12/h4-6,9-10H,1-3H2,(H,11,12)/t4-,5-,6+/m0/s1. The Labute approximate surface area is 69.4 Å². The predicted molar refractivity (Wildman–Crippen MR) is 39.7 cm³/mol. The van der Waals surface area contributed by atoms with Gasteiger partial charge in [-0.25, -0.2) is 9.18 Å². The lowest BCUT2D eigenvalue weighted by Crippen LogP contribution is -2.45. The summed E-state index contributed by atoms with van der Waals surface area (Å²) in [4.78, 5) is 10.2. The molecule has 0 saturated heterocycles. The van der Waals surface area contributed by atoms with Gasteiger partial charge in [0, 0.05) is 6.42 Å². The molecule has 1 fully saturated rings. The topological polar surface area (TPSA) is 69.6 Å². The Morgan fingerprint density at radius 2 is 2.17 bits per heavy atom. The third-order valence-corrected chi connectivity index (χ3v) is 2.05. The van der Waals surface area contributed by atoms with Crippen molar-refractivity contribution < 1.29 is 19.4 Å².